The lowest BCUT2D eigenvalue weighted by Gasteiger charge is -2.25. The molecule has 0 aromatic heterocycles. The molecule has 2 N–H and O–H groups in total. The van der Waals surface area contributed by atoms with Crippen molar-refractivity contribution in [3.63, 3.8) is 0 Å². The third kappa shape index (κ3) is 3.50. The average Bonchev–Trinajstić information content (AvgIpc) is 3.05. The molecular formula is C16H20N2O4. The summed E-state index contributed by atoms with van der Waals surface area (Å²) in [6.07, 6.45) is 4.27. The van der Waals surface area contributed by atoms with Gasteiger partial charge < -0.3 is 9.47 Å². The Balaban J connectivity index is 1.45. The van der Waals surface area contributed by atoms with Crippen LogP contribution in [0.15, 0.2) is 24.3 Å². The first-order chi connectivity index (χ1) is 10.7. The SMILES string of the molecule is O=C(CC1CCCC1)NNC(=O)C1COc2ccccc2O1. The van der Waals surface area contributed by atoms with Gasteiger partial charge in [-0.2, -0.15) is 0 Å². The normalized spacial score (nSPS) is 20.5. The van der Waals surface area contributed by atoms with E-state index in [4.69, 9.17) is 9.47 Å². The zero-order valence-corrected chi connectivity index (χ0v) is 12.3. The highest BCUT2D eigenvalue weighted by Crippen LogP contribution is 2.30. The van der Waals surface area contributed by atoms with Crippen LogP contribution < -0.4 is 20.3 Å². The Labute approximate surface area is 129 Å². The van der Waals surface area contributed by atoms with E-state index >= 15 is 0 Å². The maximum atomic E-state index is 12.0. The molecule has 1 aliphatic heterocycles. The largest absolute Gasteiger partial charge is 0.485 e. The van der Waals surface area contributed by atoms with Gasteiger partial charge >= 0.3 is 0 Å². The van der Waals surface area contributed by atoms with Crippen molar-refractivity contribution >= 4 is 11.8 Å². The maximum Gasteiger partial charge on any atom is 0.283 e. The Morgan fingerprint density at radius 1 is 1.09 bits per heavy atom. The van der Waals surface area contributed by atoms with Crippen LogP contribution in [0.4, 0.5) is 0 Å². The molecule has 6 heteroatoms. The summed E-state index contributed by atoms with van der Waals surface area (Å²) in [5, 5.41) is 0. The minimum Gasteiger partial charge on any atom is -0.485 e. The molecule has 0 saturated heterocycles. The maximum absolute atomic E-state index is 12.0. The number of hydrazine groups is 1. The van der Waals surface area contributed by atoms with Gasteiger partial charge in [-0.05, 0) is 30.9 Å². The van der Waals surface area contributed by atoms with Gasteiger partial charge in [0.15, 0.2) is 11.5 Å². The van der Waals surface area contributed by atoms with Gasteiger partial charge in [-0.3, -0.25) is 20.4 Å². The molecule has 118 valence electrons. The van der Waals surface area contributed by atoms with Crippen molar-refractivity contribution in [2.45, 2.75) is 38.2 Å². The van der Waals surface area contributed by atoms with Gasteiger partial charge in [-0.15, -0.1) is 0 Å². The summed E-state index contributed by atoms with van der Waals surface area (Å²) < 4.78 is 11.0. The summed E-state index contributed by atoms with van der Waals surface area (Å²) in [6, 6.07) is 7.18. The molecule has 1 aliphatic carbocycles. The van der Waals surface area contributed by atoms with Crippen LogP contribution >= 0.6 is 0 Å². The van der Waals surface area contributed by atoms with Crippen molar-refractivity contribution in [3.05, 3.63) is 24.3 Å². The number of rotatable bonds is 3. The summed E-state index contributed by atoms with van der Waals surface area (Å²) in [4.78, 5) is 23.8. The number of nitrogens with one attached hydrogen (secondary N) is 2. The molecule has 2 amide bonds. The van der Waals surface area contributed by atoms with E-state index in [0.29, 0.717) is 23.8 Å². The quantitative estimate of drug-likeness (QED) is 0.831. The summed E-state index contributed by atoms with van der Waals surface area (Å²) in [6.45, 7) is 0.126. The zero-order chi connectivity index (χ0) is 15.4. The monoisotopic (exact) mass is 304 g/mol. The number of ether oxygens (including phenoxy) is 2. The van der Waals surface area contributed by atoms with E-state index in [0.717, 1.165) is 12.8 Å². The van der Waals surface area contributed by atoms with Crippen molar-refractivity contribution in [1.82, 2.24) is 10.9 Å². The molecule has 1 fully saturated rings. The summed E-state index contributed by atoms with van der Waals surface area (Å²) >= 11 is 0. The van der Waals surface area contributed by atoms with Crippen molar-refractivity contribution in [3.8, 4) is 11.5 Å². The second-order valence-corrected chi connectivity index (χ2v) is 5.76. The molecule has 1 heterocycles. The van der Waals surface area contributed by atoms with Crippen LogP contribution in [0.1, 0.15) is 32.1 Å². The van der Waals surface area contributed by atoms with Gasteiger partial charge in [0.25, 0.3) is 5.91 Å². The van der Waals surface area contributed by atoms with Crippen molar-refractivity contribution in [2.24, 2.45) is 5.92 Å². The van der Waals surface area contributed by atoms with E-state index in [1.807, 2.05) is 12.1 Å². The first-order valence-corrected chi connectivity index (χ1v) is 7.69. The van der Waals surface area contributed by atoms with Crippen molar-refractivity contribution in [2.75, 3.05) is 6.61 Å². The van der Waals surface area contributed by atoms with E-state index in [1.165, 1.54) is 12.8 Å². The molecule has 1 atom stereocenters. The molecule has 22 heavy (non-hydrogen) atoms. The molecule has 6 nitrogen and oxygen atoms in total. The molecule has 2 aliphatic rings. The number of para-hydroxylation sites is 2. The molecule has 1 aromatic rings. The minimum atomic E-state index is -0.762. The van der Waals surface area contributed by atoms with Crippen LogP contribution in [0.5, 0.6) is 11.5 Å². The Morgan fingerprint density at radius 2 is 1.82 bits per heavy atom. The van der Waals surface area contributed by atoms with Gasteiger partial charge in [-0.1, -0.05) is 25.0 Å². The number of fused-ring (bicyclic) bond motifs is 1. The average molecular weight is 304 g/mol. The second-order valence-electron chi connectivity index (χ2n) is 5.76. The fourth-order valence-corrected chi connectivity index (χ4v) is 2.89. The zero-order valence-electron chi connectivity index (χ0n) is 12.3. The van der Waals surface area contributed by atoms with Crippen molar-refractivity contribution < 1.29 is 19.1 Å². The number of amides is 2. The Kier molecular flexibility index (Phi) is 4.46. The van der Waals surface area contributed by atoms with E-state index in [2.05, 4.69) is 10.9 Å². The second kappa shape index (κ2) is 6.68. The van der Waals surface area contributed by atoms with Crippen LogP contribution in [0.2, 0.25) is 0 Å². The number of benzene rings is 1. The fraction of sp³-hybridized carbons (Fsp3) is 0.500. The number of carbonyl (C=O) groups is 2. The molecule has 0 spiro atoms. The summed E-state index contributed by atoms with van der Waals surface area (Å²) in [5.74, 6) is 1.03. The summed E-state index contributed by atoms with van der Waals surface area (Å²) in [7, 11) is 0. The highest BCUT2D eigenvalue weighted by molar-refractivity contribution is 5.85. The lowest BCUT2D eigenvalue weighted by molar-refractivity contribution is -0.135. The van der Waals surface area contributed by atoms with Gasteiger partial charge in [0.1, 0.15) is 6.61 Å². The molecule has 3 rings (SSSR count). The third-order valence-electron chi connectivity index (χ3n) is 4.07. The molecular weight excluding hydrogens is 284 g/mol. The topological polar surface area (TPSA) is 76.7 Å². The smallest absolute Gasteiger partial charge is 0.283 e. The molecule has 1 saturated carbocycles. The minimum absolute atomic E-state index is 0.126. The Morgan fingerprint density at radius 3 is 2.59 bits per heavy atom. The van der Waals surface area contributed by atoms with Crippen LogP contribution in [-0.4, -0.2) is 24.5 Å². The van der Waals surface area contributed by atoms with Crippen molar-refractivity contribution in [1.29, 1.82) is 0 Å². The Bertz CT molecular complexity index is 555. The van der Waals surface area contributed by atoms with E-state index in [9.17, 15) is 9.59 Å². The van der Waals surface area contributed by atoms with E-state index in [-0.39, 0.29) is 12.5 Å². The Hall–Kier alpha value is -2.24. The highest BCUT2D eigenvalue weighted by Gasteiger charge is 2.27. The van der Waals surface area contributed by atoms with Crippen LogP contribution in [0, 0.1) is 5.92 Å². The molecule has 0 bridgehead atoms. The first kappa shape index (κ1) is 14.7. The molecule has 0 radical (unpaired) electrons. The number of carbonyl (C=O) groups excluding carboxylic acids is 2. The lowest BCUT2D eigenvalue weighted by Crippen LogP contribution is -2.51. The standard InChI is InChI=1S/C16H20N2O4/c19-15(9-11-5-1-2-6-11)17-18-16(20)14-10-21-12-7-3-4-8-13(12)22-14/h3-4,7-8,11,14H,1-2,5-6,9-10H2,(H,17,19)(H,18,20). The number of hydrogen-bond donors (Lipinski definition) is 2. The molecule has 1 aromatic carbocycles. The number of hydrogen-bond acceptors (Lipinski definition) is 4. The van der Waals surface area contributed by atoms with E-state index in [1.54, 1.807) is 12.1 Å². The molecule has 1 unspecified atom stereocenters. The van der Waals surface area contributed by atoms with Gasteiger partial charge in [0.2, 0.25) is 12.0 Å². The van der Waals surface area contributed by atoms with Gasteiger partial charge in [-0.25, -0.2) is 0 Å². The van der Waals surface area contributed by atoms with Gasteiger partial charge in [0, 0.05) is 6.42 Å². The summed E-state index contributed by atoms with van der Waals surface area (Å²) in [5.41, 5.74) is 4.87. The van der Waals surface area contributed by atoms with Crippen LogP contribution in [0.3, 0.4) is 0 Å². The lowest BCUT2D eigenvalue weighted by atomic mass is 10.0. The van der Waals surface area contributed by atoms with Crippen LogP contribution in [0.25, 0.3) is 0 Å². The van der Waals surface area contributed by atoms with Gasteiger partial charge in [0.05, 0.1) is 0 Å². The third-order valence-corrected chi connectivity index (χ3v) is 4.07. The predicted octanol–water partition coefficient (Wildman–Crippen LogP) is 1.55. The van der Waals surface area contributed by atoms with Crippen LogP contribution in [-0.2, 0) is 9.59 Å². The predicted molar refractivity (Wildman–Crippen MR) is 79.2 cm³/mol. The fourth-order valence-electron chi connectivity index (χ4n) is 2.89. The first-order valence-electron chi connectivity index (χ1n) is 7.69. The highest BCUT2D eigenvalue weighted by atomic mass is 16.6. The van der Waals surface area contributed by atoms with E-state index < -0.39 is 12.0 Å².